The summed E-state index contributed by atoms with van der Waals surface area (Å²) in [6.07, 6.45) is 3.72. The molecule has 0 aromatic rings. The first-order valence-electron chi connectivity index (χ1n) is 6.42. The maximum atomic E-state index is 11.3. The molecular weight excluding hydrogens is 202 g/mol. The molecule has 94 valence electrons. The van der Waals surface area contributed by atoms with E-state index in [1.807, 2.05) is 0 Å². The maximum absolute atomic E-state index is 11.3. The lowest BCUT2D eigenvalue weighted by molar-refractivity contribution is -0.120. The SMILES string of the molecule is CCCNC(CN(CC)CC1CC1)C(N)=O. The molecule has 16 heavy (non-hydrogen) atoms. The third-order valence-corrected chi connectivity index (χ3v) is 3.09. The number of hydrogen-bond donors (Lipinski definition) is 2. The average molecular weight is 227 g/mol. The molecule has 0 aliphatic heterocycles. The minimum atomic E-state index is -0.234. The van der Waals surface area contributed by atoms with Crippen molar-refractivity contribution in [3.05, 3.63) is 0 Å². The molecule has 1 unspecified atom stereocenters. The van der Waals surface area contributed by atoms with Crippen LogP contribution >= 0.6 is 0 Å². The molecule has 0 heterocycles. The van der Waals surface area contributed by atoms with E-state index in [2.05, 4.69) is 24.1 Å². The van der Waals surface area contributed by atoms with Crippen molar-refractivity contribution in [1.82, 2.24) is 10.2 Å². The number of rotatable bonds is 9. The lowest BCUT2D eigenvalue weighted by Crippen LogP contribution is -2.49. The van der Waals surface area contributed by atoms with Crippen molar-refractivity contribution in [3.63, 3.8) is 0 Å². The second-order valence-electron chi connectivity index (χ2n) is 4.70. The highest BCUT2D eigenvalue weighted by molar-refractivity contribution is 5.80. The normalized spacial score (nSPS) is 17.7. The zero-order valence-electron chi connectivity index (χ0n) is 10.5. The van der Waals surface area contributed by atoms with E-state index in [1.165, 1.54) is 12.8 Å². The molecule has 0 bridgehead atoms. The number of carbonyl (C=O) groups excluding carboxylic acids is 1. The van der Waals surface area contributed by atoms with Gasteiger partial charge in [-0.05, 0) is 38.3 Å². The minimum Gasteiger partial charge on any atom is -0.368 e. The van der Waals surface area contributed by atoms with Crippen molar-refractivity contribution < 1.29 is 4.79 Å². The first-order chi connectivity index (χ1) is 7.67. The standard InChI is InChI=1S/C12H25N3O/c1-3-7-14-11(12(13)16)9-15(4-2)8-10-5-6-10/h10-11,14H,3-9H2,1-2H3,(H2,13,16). The Morgan fingerprint density at radius 2 is 2.19 bits per heavy atom. The summed E-state index contributed by atoms with van der Waals surface area (Å²) in [5.41, 5.74) is 5.40. The first-order valence-corrected chi connectivity index (χ1v) is 6.42. The molecule has 1 fully saturated rings. The highest BCUT2D eigenvalue weighted by Crippen LogP contribution is 2.29. The largest absolute Gasteiger partial charge is 0.368 e. The lowest BCUT2D eigenvalue weighted by atomic mass is 10.2. The van der Waals surface area contributed by atoms with Gasteiger partial charge in [0.15, 0.2) is 0 Å². The number of primary amides is 1. The Morgan fingerprint density at radius 1 is 1.50 bits per heavy atom. The van der Waals surface area contributed by atoms with Gasteiger partial charge in [-0.1, -0.05) is 13.8 Å². The summed E-state index contributed by atoms with van der Waals surface area (Å²) >= 11 is 0. The molecule has 1 rings (SSSR count). The Labute approximate surface area is 98.6 Å². The summed E-state index contributed by atoms with van der Waals surface area (Å²) in [6.45, 7) is 7.95. The Kier molecular flexibility index (Phi) is 5.77. The van der Waals surface area contributed by atoms with Gasteiger partial charge in [0, 0.05) is 13.1 Å². The van der Waals surface area contributed by atoms with E-state index < -0.39 is 0 Å². The fourth-order valence-corrected chi connectivity index (χ4v) is 1.83. The minimum absolute atomic E-state index is 0.196. The van der Waals surface area contributed by atoms with Crippen LogP contribution in [-0.2, 0) is 4.79 Å². The fraction of sp³-hybridized carbons (Fsp3) is 0.917. The maximum Gasteiger partial charge on any atom is 0.235 e. The molecule has 1 aliphatic carbocycles. The highest BCUT2D eigenvalue weighted by atomic mass is 16.1. The lowest BCUT2D eigenvalue weighted by Gasteiger charge is -2.25. The van der Waals surface area contributed by atoms with Gasteiger partial charge in [0.25, 0.3) is 0 Å². The van der Waals surface area contributed by atoms with Crippen molar-refractivity contribution in [2.75, 3.05) is 26.2 Å². The monoisotopic (exact) mass is 227 g/mol. The van der Waals surface area contributed by atoms with Crippen LogP contribution in [0.1, 0.15) is 33.1 Å². The second-order valence-corrected chi connectivity index (χ2v) is 4.70. The quantitative estimate of drug-likeness (QED) is 0.605. The van der Waals surface area contributed by atoms with Crippen LogP contribution in [0.5, 0.6) is 0 Å². The Balaban J connectivity index is 2.33. The van der Waals surface area contributed by atoms with Crippen LogP contribution in [0, 0.1) is 5.92 Å². The van der Waals surface area contributed by atoms with E-state index in [-0.39, 0.29) is 11.9 Å². The number of amides is 1. The van der Waals surface area contributed by atoms with Crippen LogP contribution in [0.4, 0.5) is 0 Å². The molecule has 0 saturated heterocycles. The summed E-state index contributed by atoms with van der Waals surface area (Å²) in [5.74, 6) is 0.627. The summed E-state index contributed by atoms with van der Waals surface area (Å²) in [7, 11) is 0. The average Bonchev–Trinajstić information content (AvgIpc) is 3.05. The van der Waals surface area contributed by atoms with Crippen LogP contribution < -0.4 is 11.1 Å². The topological polar surface area (TPSA) is 58.4 Å². The van der Waals surface area contributed by atoms with Crippen LogP contribution in [0.2, 0.25) is 0 Å². The highest BCUT2D eigenvalue weighted by Gasteiger charge is 2.25. The Bertz CT molecular complexity index is 216. The predicted molar refractivity (Wildman–Crippen MR) is 66.1 cm³/mol. The van der Waals surface area contributed by atoms with Crippen LogP contribution in [0.3, 0.4) is 0 Å². The number of likely N-dealkylation sites (N-methyl/N-ethyl adjacent to an activating group) is 1. The van der Waals surface area contributed by atoms with Crippen molar-refractivity contribution in [1.29, 1.82) is 0 Å². The smallest absolute Gasteiger partial charge is 0.235 e. The van der Waals surface area contributed by atoms with Crippen molar-refractivity contribution >= 4 is 5.91 Å². The number of carbonyl (C=O) groups is 1. The molecule has 4 nitrogen and oxygen atoms in total. The summed E-state index contributed by atoms with van der Waals surface area (Å²) < 4.78 is 0. The van der Waals surface area contributed by atoms with Crippen molar-refractivity contribution in [3.8, 4) is 0 Å². The third-order valence-electron chi connectivity index (χ3n) is 3.09. The van der Waals surface area contributed by atoms with Crippen molar-refractivity contribution in [2.45, 2.75) is 39.2 Å². The fourth-order valence-electron chi connectivity index (χ4n) is 1.83. The van der Waals surface area contributed by atoms with Gasteiger partial charge < -0.3 is 16.0 Å². The van der Waals surface area contributed by atoms with Gasteiger partial charge in [0.1, 0.15) is 0 Å². The van der Waals surface area contributed by atoms with Crippen LogP contribution in [-0.4, -0.2) is 43.0 Å². The van der Waals surface area contributed by atoms with Crippen molar-refractivity contribution in [2.24, 2.45) is 11.7 Å². The molecule has 0 radical (unpaired) electrons. The van der Waals surface area contributed by atoms with E-state index in [1.54, 1.807) is 0 Å². The molecule has 0 aromatic carbocycles. The Morgan fingerprint density at radius 3 is 2.62 bits per heavy atom. The van der Waals surface area contributed by atoms with E-state index >= 15 is 0 Å². The summed E-state index contributed by atoms with van der Waals surface area (Å²) in [5, 5.41) is 3.21. The molecule has 4 heteroatoms. The van der Waals surface area contributed by atoms with Crippen LogP contribution in [0.15, 0.2) is 0 Å². The van der Waals surface area contributed by atoms with E-state index in [0.717, 1.165) is 38.5 Å². The van der Waals surface area contributed by atoms with E-state index in [9.17, 15) is 4.79 Å². The van der Waals surface area contributed by atoms with Gasteiger partial charge in [-0.25, -0.2) is 0 Å². The Hall–Kier alpha value is -0.610. The number of nitrogens with zero attached hydrogens (tertiary/aromatic N) is 1. The molecule has 3 N–H and O–H groups in total. The van der Waals surface area contributed by atoms with Crippen LogP contribution in [0.25, 0.3) is 0 Å². The summed E-state index contributed by atoms with van der Waals surface area (Å²) in [6, 6.07) is -0.196. The second kappa shape index (κ2) is 6.86. The van der Waals surface area contributed by atoms with Gasteiger partial charge in [-0.2, -0.15) is 0 Å². The molecule has 1 aliphatic rings. The number of nitrogens with one attached hydrogen (secondary N) is 1. The van der Waals surface area contributed by atoms with Gasteiger partial charge in [-0.3, -0.25) is 4.79 Å². The molecule has 1 saturated carbocycles. The molecule has 0 spiro atoms. The third kappa shape index (κ3) is 4.94. The van der Waals surface area contributed by atoms with Gasteiger partial charge in [0.05, 0.1) is 6.04 Å². The summed E-state index contributed by atoms with van der Waals surface area (Å²) in [4.78, 5) is 13.6. The zero-order chi connectivity index (χ0) is 12.0. The van der Waals surface area contributed by atoms with Gasteiger partial charge in [-0.15, -0.1) is 0 Å². The number of nitrogens with two attached hydrogens (primary N) is 1. The van der Waals surface area contributed by atoms with Gasteiger partial charge >= 0.3 is 0 Å². The molecule has 1 amide bonds. The van der Waals surface area contributed by atoms with Gasteiger partial charge in [0.2, 0.25) is 5.91 Å². The predicted octanol–water partition coefficient (Wildman–Crippen LogP) is 0.572. The first kappa shape index (κ1) is 13.5. The molecule has 1 atom stereocenters. The molecular formula is C12H25N3O. The van der Waals surface area contributed by atoms with E-state index in [4.69, 9.17) is 5.73 Å². The zero-order valence-corrected chi connectivity index (χ0v) is 10.5. The van der Waals surface area contributed by atoms with E-state index in [0.29, 0.717) is 0 Å². The molecule has 0 aromatic heterocycles. The number of hydrogen-bond acceptors (Lipinski definition) is 3.